The van der Waals surface area contributed by atoms with E-state index in [1.54, 1.807) is 11.3 Å². The molecular weight excluding hydrogens is 358 g/mol. The van der Waals surface area contributed by atoms with Crippen LogP contribution in [0.25, 0.3) is 27.2 Å². The summed E-state index contributed by atoms with van der Waals surface area (Å²) in [5.41, 5.74) is 4.07. The topological polar surface area (TPSA) is 59.4 Å². The number of benzene rings is 1. The fourth-order valence-corrected chi connectivity index (χ4v) is 3.76. The highest BCUT2D eigenvalue weighted by atomic mass is 32.1. The second-order valence-electron chi connectivity index (χ2n) is 7.40. The Morgan fingerprint density at radius 1 is 1.15 bits per heavy atom. The van der Waals surface area contributed by atoms with E-state index in [2.05, 4.69) is 33.7 Å². The summed E-state index contributed by atoms with van der Waals surface area (Å²) in [7, 11) is 0. The van der Waals surface area contributed by atoms with Crippen molar-refractivity contribution in [1.29, 1.82) is 0 Å². The number of hydrogen-bond donors (Lipinski definition) is 1. The highest BCUT2D eigenvalue weighted by Gasteiger charge is 2.15. The molecule has 0 atom stereocenters. The summed E-state index contributed by atoms with van der Waals surface area (Å²) in [6.07, 6.45) is 1.83. The number of rotatable bonds is 4. The molecule has 4 rings (SSSR count). The van der Waals surface area contributed by atoms with Crippen LogP contribution < -0.4 is 5.56 Å². The molecule has 0 aliphatic heterocycles. The van der Waals surface area contributed by atoms with Crippen molar-refractivity contribution >= 4 is 17.0 Å². The van der Waals surface area contributed by atoms with Gasteiger partial charge in [-0.1, -0.05) is 30.3 Å². The van der Waals surface area contributed by atoms with E-state index in [0.29, 0.717) is 17.9 Å². The summed E-state index contributed by atoms with van der Waals surface area (Å²) < 4.78 is 7.26. The molecule has 0 aliphatic rings. The van der Waals surface area contributed by atoms with Gasteiger partial charge in [0.2, 0.25) is 0 Å². The molecule has 3 heterocycles. The molecule has 0 aliphatic carbocycles. The van der Waals surface area contributed by atoms with Gasteiger partial charge in [-0.3, -0.25) is 9.89 Å². The molecule has 6 heteroatoms. The minimum Gasteiger partial charge on any atom is -0.370 e. The Balaban J connectivity index is 1.73. The molecule has 1 N–H and O–H groups in total. The molecule has 27 heavy (non-hydrogen) atoms. The second kappa shape index (κ2) is 6.79. The Kier molecular flexibility index (Phi) is 4.45. The van der Waals surface area contributed by atoms with Crippen molar-refractivity contribution in [2.24, 2.45) is 0 Å². The number of aromatic nitrogens is 3. The lowest BCUT2D eigenvalue weighted by Crippen LogP contribution is -2.21. The molecule has 4 aromatic rings. The summed E-state index contributed by atoms with van der Waals surface area (Å²) in [6, 6.07) is 13.9. The summed E-state index contributed by atoms with van der Waals surface area (Å²) in [5.74, 6) is 0. The lowest BCUT2D eigenvalue weighted by Gasteiger charge is -2.19. The van der Waals surface area contributed by atoms with Crippen LogP contribution in [0, 0.1) is 0 Å². The highest BCUT2D eigenvalue weighted by molar-refractivity contribution is 7.14. The Morgan fingerprint density at radius 2 is 1.93 bits per heavy atom. The van der Waals surface area contributed by atoms with Crippen molar-refractivity contribution in [3.63, 3.8) is 0 Å². The van der Waals surface area contributed by atoms with Gasteiger partial charge in [0, 0.05) is 17.1 Å². The Hall–Kier alpha value is -2.70. The van der Waals surface area contributed by atoms with Crippen molar-refractivity contribution in [3.8, 4) is 21.6 Å². The Bertz CT molecular complexity index is 1130. The average Bonchev–Trinajstić information content (AvgIpc) is 3.27. The predicted molar refractivity (Wildman–Crippen MR) is 109 cm³/mol. The number of H-pyrrole nitrogens is 1. The molecule has 0 saturated heterocycles. The first-order chi connectivity index (χ1) is 12.9. The van der Waals surface area contributed by atoms with Crippen LogP contribution in [0.2, 0.25) is 0 Å². The SMILES string of the molecule is CC(C)(C)OCc1cc(=O)n2[nH]cc(-c3cc(-c4ccccc4)cs3)c2n1. The summed E-state index contributed by atoms with van der Waals surface area (Å²) in [4.78, 5) is 18.2. The Labute approximate surface area is 161 Å². The zero-order valence-electron chi connectivity index (χ0n) is 15.5. The van der Waals surface area contributed by atoms with Crippen LogP contribution in [-0.4, -0.2) is 20.2 Å². The van der Waals surface area contributed by atoms with Crippen LogP contribution in [-0.2, 0) is 11.3 Å². The first kappa shape index (κ1) is 17.7. The third-order valence-electron chi connectivity index (χ3n) is 4.18. The molecule has 1 aromatic carbocycles. The quantitative estimate of drug-likeness (QED) is 0.557. The summed E-state index contributed by atoms with van der Waals surface area (Å²) in [5, 5.41) is 5.13. The van der Waals surface area contributed by atoms with E-state index in [1.165, 1.54) is 16.1 Å². The van der Waals surface area contributed by atoms with Crippen LogP contribution in [0.5, 0.6) is 0 Å². The molecule has 138 valence electrons. The number of aromatic amines is 1. The summed E-state index contributed by atoms with van der Waals surface area (Å²) in [6.45, 7) is 6.25. The lowest BCUT2D eigenvalue weighted by molar-refractivity contribution is -0.0164. The zero-order chi connectivity index (χ0) is 19.0. The number of thiophene rings is 1. The van der Waals surface area contributed by atoms with E-state index in [4.69, 9.17) is 4.74 Å². The molecule has 0 amide bonds. The van der Waals surface area contributed by atoms with Gasteiger partial charge < -0.3 is 4.74 Å². The predicted octanol–water partition coefficient (Wildman–Crippen LogP) is 4.73. The van der Waals surface area contributed by atoms with Crippen LogP contribution in [0.3, 0.4) is 0 Å². The fraction of sp³-hybridized carbons (Fsp3) is 0.238. The third-order valence-corrected chi connectivity index (χ3v) is 5.14. The van der Waals surface area contributed by atoms with Gasteiger partial charge in [0.25, 0.3) is 5.56 Å². The number of nitrogens with one attached hydrogen (secondary N) is 1. The van der Waals surface area contributed by atoms with Gasteiger partial charge >= 0.3 is 0 Å². The third kappa shape index (κ3) is 3.72. The fourth-order valence-electron chi connectivity index (χ4n) is 2.83. The smallest absolute Gasteiger partial charge is 0.272 e. The number of ether oxygens (including phenoxy) is 1. The molecule has 0 spiro atoms. The van der Waals surface area contributed by atoms with Crippen LogP contribution in [0.4, 0.5) is 0 Å². The minimum absolute atomic E-state index is 0.140. The van der Waals surface area contributed by atoms with Crippen molar-refractivity contribution in [2.45, 2.75) is 33.0 Å². The van der Waals surface area contributed by atoms with Crippen molar-refractivity contribution in [2.75, 3.05) is 0 Å². The van der Waals surface area contributed by atoms with Gasteiger partial charge in [-0.05, 0) is 43.3 Å². The second-order valence-corrected chi connectivity index (χ2v) is 8.31. The largest absolute Gasteiger partial charge is 0.370 e. The molecule has 0 saturated carbocycles. The van der Waals surface area contributed by atoms with Crippen molar-refractivity contribution < 1.29 is 4.74 Å². The first-order valence-electron chi connectivity index (χ1n) is 8.79. The van der Waals surface area contributed by atoms with E-state index in [1.807, 2.05) is 45.2 Å². The normalized spacial score (nSPS) is 12.0. The number of hydrogen-bond acceptors (Lipinski definition) is 4. The van der Waals surface area contributed by atoms with E-state index in [9.17, 15) is 4.79 Å². The molecule has 3 aromatic heterocycles. The zero-order valence-corrected chi connectivity index (χ0v) is 16.3. The lowest BCUT2D eigenvalue weighted by atomic mass is 10.1. The summed E-state index contributed by atoms with van der Waals surface area (Å²) >= 11 is 1.64. The van der Waals surface area contributed by atoms with Gasteiger partial charge in [0.1, 0.15) is 0 Å². The van der Waals surface area contributed by atoms with E-state index >= 15 is 0 Å². The molecule has 5 nitrogen and oxygen atoms in total. The number of fused-ring (bicyclic) bond motifs is 1. The van der Waals surface area contributed by atoms with Crippen molar-refractivity contribution in [3.05, 3.63) is 70.1 Å². The monoisotopic (exact) mass is 379 g/mol. The van der Waals surface area contributed by atoms with Crippen LogP contribution in [0.15, 0.2) is 58.8 Å². The van der Waals surface area contributed by atoms with Gasteiger partial charge in [0.15, 0.2) is 5.65 Å². The van der Waals surface area contributed by atoms with Crippen LogP contribution in [0.1, 0.15) is 26.5 Å². The van der Waals surface area contributed by atoms with Crippen LogP contribution >= 0.6 is 11.3 Å². The standard InChI is InChI=1S/C21H21N3O2S/c1-21(2,3)26-12-16-10-19(25)24-20(23-16)17(11-22-24)18-9-15(13-27-18)14-7-5-4-6-8-14/h4-11,13,22H,12H2,1-3H3. The van der Waals surface area contributed by atoms with Gasteiger partial charge in [-0.2, -0.15) is 0 Å². The Morgan fingerprint density at radius 3 is 2.67 bits per heavy atom. The van der Waals surface area contributed by atoms with E-state index < -0.39 is 0 Å². The van der Waals surface area contributed by atoms with E-state index in [0.717, 1.165) is 16.0 Å². The van der Waals surface area contributed by atoms with Gasteiger partial charge in [-0.25, -0.2) is 9.50 Å². The highest BCUT2D eigenvalue weighted by Crippen LogP contribution is 2.34. The van der Waals surface area contributed by atoms with Gasteiger partial charge in [0.05, 0.1) is 23.5 Å². The maximum absolute atomic E-state index is 12.4. The molecule has 0 unspecified atom stereocenters. The maximum Gasteiger partial charge on any atom is 0.272 e. The number of nitrogens with zero attached hydrogens (tertiary/aromatic N) is 2. The minimum atomic E-state index is -0.286. The average molecular weight is 379 g/mol. The van der Waals surface area contributed by atoms with E-state index in [-0.39, 0.29) is 11.2 Å². The molecule has 0 fully saturated rings. The molecular formula is C21H21N3O2S. The van der Waals surface area contributed by atoms with Crippen molar-refractivity contribution in [1.82, 2.24) is 14.6 Å². The first-order valence-corrected chi connectivity index (χ1v) is 9.67. The molecule has 0 bridgehead atoms. The van der Waals surface area contributed by atoms with Gasteiger partial charge in [-0.15, -0.1) is 11.3 Å². The molecule has 0 radical (unpaired) electrons. The maximum atomic E-state index is 12.4.